The number of nitrogens with one attached hydrogen (secondary N) is 1. The van der Waals surface area contributed by atoms with Crippen LogP contribution < -0.4 is 9.62 Å². The molecule has 0 radical (unpaired) electrons. The highest BCUT2D eigenvalue weighted by molar-refractivity contribution is 7.92. The SMILES string of the molecule is CCOC(=O)c1ccc(N(C)S(=O)(=O)c2cccc(C(=O)Cc3sc4c(c3C(=O)Nc3ccc(CCc5ccc(C(=O)OC)cc5)cc3)CCCC4)c2)cc1. The van der Waals surface area contributed by atoms with E-state index in [0.29, 0.717) is 32.9 Å². The van der Waals surface area contributed by atoms with Crippen molar-refractivity contribution in [3.05, 3.63) is 146 Å². The van der Waals surface area contributed by atoms with Gasteiger partial charge in [0.25, 0.3) is 15.9 Å². The molecule has 0 spiro atoms. The maximum absolute atomic E-state index is 13.9. The van der Waals surface area contributed by atoms with E-state index in [4.69, 9.17) is 9.47 Å². The minimum absolute atomic E-state index is 0.0470. The van der Waals surface area contributed by atoms with E-state index in [2.05, 4.69) is 5.32 Å². The number of Topliss-reactive ketones (excluding diaryl/α,β-unsaturated/α-hetero) is 1. The van der Waals surface area contributed by atoms with Crippen LogP contribution >= 0.6 is 11.3 Å². The second-order valence-electron chi connectivity index (χ2n) is 13.2. The molecule has 1 aliphatic carbocycles. The maximum atomic E-state index is 13.9. The van der Waals surface area contributed by atoms with E-state index in [-0.39, 0.29) is 41.1 Å². The number of hydrogen-bond donors (Lipinski definition) is 1. The number of esters is 2. The van der Waals surface area contributed by atoms with E-state index >= 15 is 0 Å². The van der Waals surface area contributed by atoms with Gasteiger partial charge in [-0.1, -0.05) is 36.4 Å². The first-order valence-corrected chi connectivity index (χ1v) is 20.3. The first kappa shape index (κ1) is 39.1. The summed E-state index contributed by atoms with van der Waals surface area (Å²) in [6.45, 7) is 1.93. The molecule has 1 aromatic heterocycles. The second kappa shape index (κ2) is 17.3. The summed E-state index contributed by atoms with van der Waals surface area (Å²) in [6.07, 6.45) is 5.07. The molecule has 284 valence electrons. The minimum atomic E-state index is -4.06. The number of thiophene rings is 1. The number of fused-ring (bicyclic) bond motifs is 1. The normalized spacial score (nSPS) is 12.3. The van der Waals surface area contributed by atoms with Crippen molar-refractivity contribution in [2.24, 2.45) is 0 Å². The van der Waals surface area contributed by atoms with Gasteiger partial charge >= 0.3 is 11.9 Å². The van der Waals surface area contributed by atoms with Gasteiger partial charge in [0.2, 0.25) is 0 Å². The van der Waals surface area contributed by atoms with E-state index in [1.165, 1.54) is 68.0 Å². The molecule has 55 heavy (non-hydrogen) atoms. The molecule has 0 fully saturated rings. The van der Waals surface area contributed by atoms with Gasteiger partial charge in [-0.15, -0.1) is 11.3 Å². The van der Waals surface area contributed by atoms with Crippen LogP contribution in [-0.4, -0.2) is 52.8 Å². The lowest BCUT2D eigenvalue weighted by atomic mass is 9.93. The van der Waals surface area contributed by atoms with Crippen LogP contribution in [0, 0.1) is 0 Å². The van der Waals surface area contributed by atoms with Crippen molar-refractivity contribution >= 4 is 56.4 Å². The average molecular weight is 779 g/mol. The van der Waals surface area contributed by atoms with Crippen LogP contribution in [-0.2, 0) is 51.6 Å². The number of benzene rings is 4. The molecule has 1 amide bonds. The number of nitrogens with zero attached hydrogens (tertiary/aromatic N) is 1. The van der Waals surface area contributed by atoms with Crippen molar-refractivity contribution in [1.82, 2.24) is 0 Å². The lowest BCUT2D eigenvalue weighted by Gasteiger charge is -2.20. The van der Waals surface area contributed by atoms with Gasteiger partial charge in [-0.05, 0) is 123 Å². The van der Waals surface area contributed by atoms with Crippen molar-refractivity contribution in [2.75, 3.05) is 30.4 Å². The van der Waals surface area contributed by atoms with Crippen LogP contribution in [0.5, 0.6) is 0 Å². The summed E-state index contributed by atoms with van der Waals surface area (Å²) in [4.78, 5) is 53.2. The Labute approximate surface area is 325 Å². The fourth-order valence-electron chi connectivity index (χ4n) is 6.57. The number of hydrogen-bond acceptors (Lipinski definition) is 9. The number of anilines is 2. The maximum Gasteiger partial charge on any atom is 0.338 e. The fourth-order valence-corrected chi connectivity index (χ4v) is 9.20. The molecule has 1 N–H and O–H groups in total. The zero-order valence-corrected chi connectivity index (χ0v) is 32.6. The average Bonchev–Trinajstić information content (AvgIpc) is 3.58. The molecule has 6 rings (SSSR count). The number of ether oxygens (including phenoxy) is 2. The lowest BCUT2D eigenvalue weighted by molar-refractivity contribution is 0.0525. The number of aryl methyl sites for hydroxylation is 3. The highest BCUT2D eigenvalue weighted by atomic mass is 32.2. The Morgan fingerprint density at radius 2 is 1.40 bits per heavy atom. The molecule has 10 nitrogen and oxygen atoms in total. The molecule has 0 aliphatic heterocycles. The predicted molar refractivity (Wildman–Crippen MR) is 213 cm³/mol. The van der Waals surface area contributed by atoms with E-state index in [1.54, 1.807) is 25.1 Å². The van der Waals surface area contributed by atoms with Crippen LogP contribution in [0.3, 0.4) is 0 Å². The van der Waals surface area contributed by atoms with Gasteiger partial charge in [0.05, 0.1) is 41.0 Å². The van der Waals surface area contributed by atoms with Gasteiger partial charge < -0.3 is 14.8 Å². The number of carbonyl (C=O) groups excluding carboxylic acids is 4. The topological polar surface area (TPSA) is 136 Å². The van der Waals surface area contributed by atoms with Gasteiger partial charge in [-0.3, -0.25) is 13.9 Å². The Morgan fingerprint density at radius 1 is 0.782 bits per heavy atom. The zero-order chi connectivity index (χ0) is 39.1. The Kier molecular flexibility index (Phi) is 12.3. The van der Waals surface area contributed by atoms with Crippen LogP contribution in [0.2, 0.25) is 0 Å². The summed E-state index contributed by atoms with van der Waals surface area (Å²) in [7, 11) is -1.29. The first-order valence-electron chi connectivity index (χ1n) is 18.1. The number of methoxy groups -OCH3 is 1. The Balaban J connectivity index is 1.14. The molecule has 0 saturated carbocycles. The van der Waals surface area contributed by atoms with E-state index in [1.807, 2.05) is 36.4 Å². The van der Waals surface area contributed by atoms with Gasteiger partial charge in [0.1, 0.15) is 0 Å². The van der Waals surface area contributed by atoms with Crippen molar-refractivity contribution in [3.63, 3.8) is 0 Å². The quantitative estimate of drug-likeness (QED) is 0.0889. The van der Waals surface area contributed by atoms with Gasteiger partial charge in [0, 0.05) is 34.5 Å². The number of amides is 1. The molecular formula is C43H42N2O8S2. The van der Waals surface area contributed by atoms with Gasteiger partial charge in [-0.25, -0.2) is 18.0 Å². The Hall–Kier alpha value is -5.59. The molecule has 1 aliphatic rings. The standard InChI is InChI=1S/C43H42N2O8S2/c1-4-53-43(49)31-20-24-34(25-21-31)45(2)55(50,51)35-9-7-8-32(26-35)37(46)27-39-40(36-10-5-6-11-38(36)54-39)41(47)44-33-22-16-29(17-23-33)13-12-28-14-18-30(19-15-28)42(48)52-3/h7-9,14-26H,4-6,10-13,27H2,1-3H3,(H,44,47). The third-order valence-corrected chi connectivity index (χ3v) is 12.7. The third kappa shape index (κ3) is 9.04. The van der Waals surface area contributed by atoms with E-state index in [9.17, 15) is 27.6 Å². The summed E-state index contributed by atoms with van der Waals surface area (Å²) >= 11 is 1.49. The van der Waals surface area contributed by atoms with Crippen LogP contribution in [0.15, 0.2) is 102 Å². The number of ketones is 1. The number of sulfonamides is 1. The van der Waals surface area contributed by atoms with Crippen LogP contribution in [0.4, 0.5) is 11.4 Å². The number of carbonyl (C=O) groups is 4. The molecule has 4 aromatic carbocycles. The molecule has 0 saturated heterocycles. The second-order valence-corrected chi connectivity index (χ2v) is 16.4. The van der Waals surface area contributed by atoms with Crippen LogP contribution in [0.1, 0.15) is 87.6 Å². The lowest BCUT2D eigenvalue weighted by Crippen LogP contribution is -2.26. The van der Waals surface area contributed by atoms with Crippen molar-refractivity contribution in [1.29, 1.82) is 0 Å². The van der Waals surface area contributed by atoms with Crippen molar-refractivity contribution < 1.29 is 37.1 Å². The van der Waals surface area contributed by atoms with E-state index in [0.717, 1.165) is 64.4 Å². The third-order valence-electron chi connectivity index (χ3n) is 9.64. The van der Waals surface area contributed by atoms with Gasteiger partial charge in [0.15, 0.2) is 5.78 Å². The Bertz CT molecular complexity index is 2310. The number of rotatable bonds is 14. The summed E-state index contributed by atoms with van der Waals surface area (Å²) in [5.74, 6) is -1.43. The van der Waals surface area contributed by atoms with Crippen molar-refractivity contribution in [2.45, 2.75) is 56.8 Å². The smallest absolute Gasteiger partial charge is 0.338 e. The molecule has 0 atom stereocenters. The van der Waals surface area contributed by atoms with Crippen LogP contribution in [0.25, 0.3) is 0 Å². The molecule has 12 heteroatoms. The highest BCUT2D eigenvalue weighted by Gasteiger charge is 2.28. The monoisotopic (exact) mass is 778 g/mol. The first-order chi connectivity index (χ1) is 26.5. The minimum Gasteiger partial charge on any atom is -0.465 e. The summed E-state index contributed by atoms with van der Waals surface area (Å²) in [5.41, 5.74) is 5.71. The molecule has 5 aromatic rings. The molecule has 0 bridgehead atoms. The fraction of sp³-hybridized carbons (Fsp3) is 0.256. The molecule has 0 unspecified atom stereocenters. The zero-order valence-electron chi connectivity index (χ0n) is 30.9. The summed E-state index contributed by atoms with van der Waals surface area (Å²) in [6, 6.07) is 27.0. The Morgan fingerprint density at radius 3 is 2.05 bits per heavy atom. The summed E-state index contributed by atoms with van der Waals surface area (Å²) in [5, 5.41) is 3.05. The molecular weight excluding hydrogens is 737 g/mol. The van der Waals surface area contributed by atoms with Gasteiger partial charge in [-0.2, -0.15) is 0 Å². The van der Waals surface area contributed by atoms with E-state index < -0.39 is 16.0 Å². The largest absolute Gasteiger partial charge is 0.465 e. The van der Waals surface area contributed by atoms with Crippen molar-refractivity contribution in [3.8, 4) is 0 Å². The predicted octanol–water partition coefficient (Wildman–Crippen LogP) is 7.88. The summed E-state index contributed by atoms with van der Waals surface area (Å²) < 4.78 is 38.2. The highest BCUT2D eigenvalue weighted by Crippen LogP contribution is 2.36. The molecule has 1 heterocycles.